The summed E-state index contributed by atoms with van der Waals surface area (Å²) in [4.78, 5) is 23.6. The molecule has 6 nitrogen and oxygen atoms in total. The molecule has 1 aromatic heterocycles. The first-order chi connectivity index (χ1) is 9.56. The lowest BCUT2D eigenvalue weighted by atomic mass is 10.2. The van der Waals surface area contributed by atoms with E-state index < -0.39 is 18.0 Å². The van der Waals surface area contributed by atoms with Gasteiger partial charge in [-0.05, 0) is 26.0 Å². The molecule has 0 spiro atoms. The number of benzene rings is 1. The van der Waals surface area contributed by atoms with Crippen LogP contribution in [-0.4, -0.2) is 23.1 Å². The topological polar surface area (TPSA) is 81.4 Å². The fourth-order valence-corrected chi connectivity index (χ4v) is 1.50. The molecule has 1 amide bonds. The Morgan fingerprint density at radius 2 is 2.00 bits per heavy atom. The average molecular weight is 274 g/mol. The van der Waals surface area contributed by atoms with Crippen LogP contribution in [0.2, 0.25) is 0 Å². The van der Waals surface area contributed by atoms with Crippen LogP contribution < -0.4 is 5.32 Å². The lowest BCUT2D eigenvalue weighted by Gasteiger charge is -2.11. The van der Waals surface area contributed by atoms with E-state index in [4.69, 9.17) is 9.26 Å². The van der Waals surface area contributed by atoms with Crippen molar-refractivity contribution in [3.63, 3.8) is 0 Å². The van der Waals surface area contributed by atoms with E-state index in [0.717, 1.165) is 0 Å². The van der Waals surface area contributed by atoms with Crippen LogP contribution in [0.3, 0.4) is 0 Å². The molecule has 0 aliphatic carbocycles. The van der Waals surface area contributed by atoms with Crippen molar-refractivity contribution in [1.29, 1.82) is 0 Å². The van der Waals surface area contributed by atoms with Gasteiger partial charge < -0.3 is 9.26 Å². The number of ether oxygens (including phenoxy) is 1. The number of aryl methyl sites for hydroxylation is 1. The van der Waals surface area contributed by atoms with Gasteiger partial charge in [0.25, 0.3) is 5.91 Å². The van der Waals surface area contributed by atoms with Gasteiger partial charge in [0, 0.05) is 6.07 Å². The number of carbonyl (C=O) groups excluding carboxylic acids is 2. The summed E-state index contributed by atoms with van der Waals surface area (Å²) < 4.78 is 9.92. The summed E-state index contributed by atoms with van der Waals surface area (Å²) >= 11 is 0. The molecular weight excluding hydrogens is 260 g/mol. The second-order valence-electron chi connectivity index (χ2n) is 4.24. The molecule has 20 heavy (non-hydrogen) atoms. The van der Waals surface area contributed by atoms with Gasteiger partial charge in [0.2, 0.25) is 5.88 Å². The summed E-state index contributed by atoms with van der Waals surface area (Å²) in [5.41, 5.74) is 1.04. The average Bonchev–Trinajstić information content (AvgIpc) is 2.85. The number of hydrogen-bond acceptors (Lipinski definition) is 5. The maximum atomic E-state index is 11.8. The minimum Gasteiger partial charge on any atom is -0.449 e. The highest BCUT2D eigenvalue weighted by atomic mass is 16.5. The van der Waals surface area contributed by atoms with Crippen molar-refractivity contribution in [2.75, 3.05) is 5.32 Å². The van der Waals surface area contributed by atoms with Crippen molar-refractivity contribution in [2.45, 2.75) is 20.0 Å². The smallest absolute Gasteiger partial charge is 0.338 e. The molecule has 1 unspecified atom stereocenters. The van der Waals surface area contributed by atoms with Crippen molar-refractivity contribution in [3.8, 4) is 0 Å². The fourth-order valence-electron chi connectivity index (χ4n) is 1.50. The molecule has 2 aromatic rings. The highest BCUT2D eigenvalue weighted by molar-refractivity contribution is 5.96. The van der Waals surface area contributed by atoms with Crippen LogP contribution in [0.25, 0.3) is 0 Å². The molecule has 6 heteroatoms. The SMILES string of the molecule is Cc1cc(NC(=O)C(C)OC(=O)c2ccccc2)on1. The summed E-state index contributed by atoms with van der Waals surface area (Å²) in [6.07, 6.45) is -0.937. The van der Waals surface area contributed by atoms with Gasteiger partial charge in [-0.15, -0.1) is 0 Å². The largest absolute Gasteiger partial charge is 0.449 e. The van der Waals surface area contributed by atoms with E-state index in [1.54, 1.807) is 43.3 Å². The maximum absolute atomic E-state index is 11.8. The van der Waals surface area contributed by atoms with Gasteiger partial charge in [-0.2, -0.15) is 0 Å². The van der Waals surface area contributed by atoms with Gasteiger partial charge >= 0.3 is 5.97 Å². The monoisotopic (exact) mass is 274 g/mol. The Bertz CT molecular complexity index is 607. The van der Waals surface area contributed by atoms with Crippen molar-refractivity contribution in [1.82, 2.24) is 5.16 Å². The van der Waals surface area contributed by atoms with E-state index >= 15 is 0 Å². The third-order valence-electron chi connectivity index (χ3n) is 2.54. The number of carbonyl (C=O) groups is 2. The molecule has 0 radical (unpaired) electrons. The van der Waals surface area contributed by atoms with Crippen molar-refractivity contribution in [3.05, 3.63) is 47.7 Å². The van der Waals surface area contributed by atoms with E-state index in [-0.39, 0.29) is 5.88 Å². The lowest BCUT2D eigenvalue weighted by Crippen LogP contribution is -2.29. The number of amides is 1. The second-order valence-corrected chi connectivity index (χ2v) is 4.24. The molecule has 1 atom stereocenters. The molecule has 0 saturated heterocycles. The Labute approximate surface area is 115 Å². The number of nitrogens with one attached hydrogen (secondary N) is 1. The molecule has 1 aromatic carbocycles. The number of nitrogens with zero attached hydrogens (tertiary/aromatic N) is 1. The van der Waals surface area contributed by atoms with E-state index in [1.807, 2.05) is 0 Å². The standard InChI is InChI=1S/C14H14N2O4/c1-9-8-12(20-16-9)15-13(17)10(2)19-14(18)11-6-4-3-5-7-11/h3-8,10H,1-2H3,(H,15,17). The van der Waals surface area contributed by atoms with Gasteiger partial charge in [-0.3, -0.25) is 10.1 Å². The van der Waals surface area contributed by atoms with Crippen LogP contribution in [0.15, 0.2) is 40.9 Å². The molecule has 0 bridgehead atoms. The number of rotatable bonds is 4. The van der Waals surface area contributed by atoms with Crippen LogP contribution in [0.5, 0.6) is 0 Å². The molecule has 0 aliphatic rings. The van der Waals surface area contributed by atoms with Crippen LogP contribution in [0, 0.1) is 6.92 Å². The first-order valence-corrected chi connectivity index (χ1v) is 6.06. The van der Waals surface area contributed by atoms with Gasteiger partial charge in [0.15, 0.2) is 6.10 Å². The van der Waals surface area contributed by atoms with Crippen molar-refractivity contribution in [2.24, 2.45) is 0 Å². The summed E-state index contributed by atoms with van der Waals surface area (Å²) in [5.74, 6) is -0.817. The fraction of sp³-hybridized carbons (Fsp3) is 0.214. The van der Waals surface area contributed by atoms with Gasteiger partial charge in [-0.25, -0.2) is 4.79 Å². The predicted molar refractivity (Wildman–Crippen MR) is 71.2 cm³/mol. The zero-order chi connectivity index (χ0) is 14.5. The van der Waals surface area contributed by atoms with Crippen LogP contribution in [0.1, 0.15) is 23.0 Å². The molecular formula is C14H14N2O4. The summed E-state index contributed by atoms with van der Waals surface area (Å²) in [5, 5.41) is 6.11. The number of aromatic nitrogens is 1. The predicted octanol–water partition coefficient (Wildman–Crippen LogP) is 2.17. The highest BCUT2D eigenvalue weighted by Crippen LogP contribution is 2.10. The molecule has 104 valence electrons. The zero-order valence-electron chi connectivity index (χ0n) is 11.1. The summed E-state index contributed by atoms with van der Waals surface area (Å²) in [6.45, 7) is 3.22. The van der Waals surface area contributed by atoms with E-state index in [0.29, 0.717) is 11.3 Å². The quantitative estimate of drug-likeness (QED) is 0.864. The Morgan fingerprint density at radius 1 is 1.30 bits per heavy atom. The minimum absolute atomic E-state index is 0.218. The summed E-state index contributed by atoms with van der Waals surface area (Å²) in [6, 6.07) is 10.0. The van der Waals surface area contributed by atoms with Gasteiger partial charge in [-0.1, -0.05) is 23.4 Å². The molecule has 0 fully saturated rings. The van der Waals surface area contributed by atoms with E-state index in [9.17, 15) is 9.59 Å². The third-order valence-corrected chi connectivity index (χ3v) is 2.54. The van der Waals surface area contributed by atoms with Crippen LogP contribution >= 0.6 is 0 Å². The maximum Gasteiger partial charge on any atom is 0.338 e. The van der Waals surface area contributed by atoms with Gasteiger partial charge in [0.05, 0.1) is 11.3 Å². The number of esters is 1. The first kappa shape index (κ1) is 13.8. The minimum atomic E-state index is -0.937. The zero-order valence-corrected chi connectivity index (χ0v) is 11.1. The van der Waals surface area contributed by atoms with Gasteiger partial charge in [0.1, 0.15) is 0 Å². The Balaban J connectivity index is 1.92. The molecule has 2 rings (SSSR count). The molecule has 0 saturated carbocycles. The van der Waals surface area contributed by atoms with E-state index in [1.165, 1.54) is 6.92 Å². The van der Waals surface area contributed by atoms with Crippen molar-refractivity contribution < 1.29 is 18.8 Å². The third kappa shape index (κ3) is 3.44. The second kappa shape index (κ2) is 6.01. The molecule has 1 heterocycles. The Morgan fingerprint density at radius 3 is 2.60 bits per heavy atom. The van der Waals surface area contributed by atoms with Crippen molar-refractivity contribution >= 4 is 17.8 Å². The number of anilines is 1. The van der Waals surface area contributed by atoms with Crippen LogP contribution in [-0.2, 0) is 9.53 Å². The number of hydrogen-bond donors (Lipinski definition) is 1. The summed E-state index contributed by atoms with van der Waals surface area (Å²) in [7, 11) is 0. The molecule has 0 aliphatic heterocycles. The highest BCUT2D eigenvalue weighted by Gasteiger charge is 2.20. The molecule has 1 N–H and O–H groups in total. The Kier molecular flexibility index (Phi) is 4.14. The van der Waals surface area contributed by atoms with E-state index in [2.05, 4.69) is 10.5 Å². The Hall–Kier alpha value is -2.63. The van der Waals surface area contributed by atoms with Crippen LogP contribution in [0.4, 0.5) is 5.88 Å². The normalized spacial score (nSPS) is 11.7. The lowest BCUT2D eigenvalue weighted by molar-refractivity contribution is -0.123. The first-order valence-electron chi connectivity index (χ1n) is 6.06.